The third kappa shape index (κ3) is 43.5. The lowest BCUT2D eigenvalue weighted by Gasteiger charge is -2.20. The number of carbonyl (C=O) groups is 2. The van der Waals surface area contributed by atoms with Crippen LogP contribution in [0.5, 0.6) is 0 Å². The van der Waals surface area contributed by atoms with Gasteiger partial charge in [0.1, 0.15) is 12.7 Å². The van der Waals surface area contributed by atoms with E-state index in [0.29, 0.717) is 12.8 Å². The van der Waals surface area contributed by atoms with Crippen LogP contribution in [-0.4, -0.2) is 70.4 Å². The number of ether oxygens (including phenoxy) is 2. The summed E-state index contributed by atoms with van der Waals surface area (Å²) in [4.78, 5) is 52.6. The largest absolute Gasteiger partial charge is 0.472 e. The molecule has 0 aromatic carbocycles. The molecule has 13 nitrogen and oxygen atoms in total. The number of phosphoric acid groups is 2. The van der Waals surface area contributed by atoms with E-state index in [0.717, 1.165) is 89.9 Å². The van der Waals surface area contributed by atoms with E-state index in [-0.39, 0.29) is 12.8 Å². The second-order valence-electron chi connectivity index (χ2n) is 14.2. The molecule has 0 radical (unpaired) electrons. The molecule has 0 spiro atoms. The highest BCUT2D eigenvalue weighted by Gasteiger charge is 2.28. The van der Waals surface area contributed by atoms with E-state index in [4.69, 9.17) is 23.8 Å². The third-order valence-corrected chi connectivity index (χ3v) is 10.0. The summed E-state index contributed by atoms with van der Waals surface area (Å²) >= 11 is 0. The number of phosphoric ester groups is 2. The molecule has 3 unspecified atom stereocenters. The van der Waals surface area contributed by atoms with Gasteiger partial charge in [-0.3, -0.25) is 23.2 Å². The quantitative estimate of drug-likeness (QED) is 0.0197. The van der Waals surface area contributed by atoms with Crippen LogP contribution in [0.4, 0.5) is 0 Å². The summed E-state index contributed by atoms with van der Waals surface area (Å²) in [7, 11) is -9.69. The van der Waals surface area contributed by atoms with Gasteiger partial charge in [0.15, 0.2) is 6.10 Å². The maximum absolute atomic E-state index is 12.7. The number of aliphatic hydroxyl groups is 1. The average molecular weight is 875 g/mol. The first-order valence-corrected chi connectivity index (χ1v) is 24.7. The fourth-order valence-corrected chi connectivity index (χ4v) is 6.46. The maximum atomic E-state index is 12.7. The minimum atomic E-state index is -4.87. The number of aliphatic hydroxyl groups excluding tert-OH is 1. The van der Waals surface area contributed by atoms with Crippen LogP contribution in [0.3, 0.4) is 0 Å². The molecular formula is C44H76O13P2. The monoisotopic (exact) mass is 874 g/mol. The standard InChI is InChI=1S/C44H76O13P2/c1-3-5-7-9-11-13-15-17-18-19-20-21-22-24-26-28-30-32-34-36-44(47)57-42(40-56-59(51,52)55-38-41(45)37-54-58(48,49)50)39-53-43(46)35-33-31-29-27-25-23-16-14-12-10-8-6-4-2/h5,7,11,13-14,16-18,20-21,24,26,41-42,45H,3-4,6,8-10,12,15,19,22-23,25,27-40H2,1-2H3,(H,51,52)(H2,48,49,50). The van der Waals surface area contributed by atoms with Crippen LogP contribution < -0.4 is 0 Å². The van der Waals surface area contributed by atoms with Crippen LogP contribution in [0.1, 0.15) is 155 Å². The molecular weight excluding hydrogens is 798 g/mol. The van der Waals surface area contributed by atoms with Gasteiger partial charge in [-0.2, -0.15) is 0 Å². The van der Waals surface area contributed by atoms with Crippen molar-refractivity contribution in [2.45, 2.75) is 167 Å². The Morgan fingerprint density at radius 2 is 0.932 bits per heavy atom. The summed E-state index contributed by atoms with van der Waals surface area (Å²) in [5.74, 6) is -1.08. The van der Waals surface area contributed by atoms with Crippen molar-refractivity contribution in [3.05, 3.63) is 72.9 Å². The first-order chi connectivity index (χ1) is 28.4. The number of allylic oxidation sites excluding steroid dienone is 12. The number of rotatable bonds is 40. The molecule has 0 heterocycles. The van der Waals surface area contributed by atoms with Crippen molar-refractivity contribution in [1.29, 1.82) is 0 Å². The first-order valence-electron chi connectivity index (χ1n) is 21.6. The molecule has 0 saturated carbocycles. The molecule has 0 aromatic rings. The van der Waals surface area contributed by atoms with E-state index < -0.39 is 66.2 Å². The van der Waals surface area contributed by atoms with E-state index in [2.05, 4.69) is 95.8 Å². The molecule has 0 aliphatic rings. The molecule has 0 aromatic heterocycles. The average Bonchev–Trinajstić information content (AvgIpc) is 3.19. The van der Waals surface area contributed by atoms with Gasteiger partial charge in [-0.15, -0.1) is 0 Å². The van der Waals surface area contributed by atoms with Crippen molar-refractivity contribution >= 4 is 27.6 Å². The van der Waals surface area contributed by atoms with Gasteiger partial charge in [0.05, 0.1) is 19.8 Å². The van der Waals surface area contributed by atoms with Gasteiger partial charge in [0.25, 0.3) is 0 Å². The highest BCUT2D eigenvalue weighted by molar-refractivity contribution is 7.47. The minimum Gasteiger partial charge on any atom is -0.462 e. The Hall–Kier alpha value is -2.44. The zero-order chi connectivity index (χ0) is 43.7. The van der Waals surface area contributed by atoms with Crippen LogP contribution in [0.2, 0.25) is 0 Å². The van der Waals surface area contributed by atoms with E-state index in [1.165, 1.54) is 25.7 Å². The Morgan fingerprint density at radius 1 is 0.508 bits per heavy atom. The highest BCUT2D eigenvalue weighted by Crippen LogP contribution is 2.43. The minimum absolute atomic E-state index is 0.0872. The van der Waals surface area contributed by atoms with Crippen LogP contribution in [0, 0.1) is 0 Å². The predicted molar refractivity (Wildman–Crippen MR) is 234 cm³/mol. The number of hydrogen-bond acceptors (Lipinski definition) is 10. The lowest BCUT2D eigenvalue weighted by atomic mass is 10.1. The Kier molecular flexibility index (Phi) is 38.0. The molecule has 0 aliphatic carbocycles. The fourth-order valence-electron chi connectivity index (χ4n) is 5.31. The molecule has 15 heteroatoms. The zero-order valence-corrected chi connectivity index (χ0v) is 37.6. The van der Waals surface area contributed by atoms with Gasteiger partial charge < -0.3 is 29.3 Å². The number of carbonyl (C=O) groups excluding carboxylic acids is 2. The van der Waals surface area contributed by atoms with Crippen molar-refractivity contribution in [2.24, 2.45) is 0 Å². The van der Waals surface area contributed by atoms with Crippen molar-refractivity contribution in [2.75, 3.05) is 26.4 Å². The van der Waals surface area contributed by atoms with Crippen LogP contribution >= 0.6 is 15.6 Å². The summed E-state index contributed by atoms with van der Waals surface area (Å²) in [6.45, 7) is 1.57. The van der Waals surface area contributed by atoms with Gasteiger partial charge in [-0.05, 0) is 83.5 Å². The smallest absolute Gasteiger partial charge is 0.462 e. The Morgan fingerprint density at radius 3 is 1.47 bits per heavy atom. The lowest BCUT2D eigenvalue weighted by molar-refractivity contribution is -0.161. The van der Waals surface area contributed by atoms with Gasteiger partial charge in [0, 0.05) is 12.8 Å². The number of unbranched alkanes of at least 4 members (excludes halogenated alkanes) is 12. The molecule has 4 N–H and O–H groups in total. The molecule has 59 heavy (non-hydrogen) atoms. The van der Waals surface area contributed by atoms with Crippen molar-refractivity contribution in [1.82, 2.24) is 0 Å². The summed E-state index contributed by atoms with van der Waals surface area (Å²) in [5.41, 5.74) is 0. The maximum Gasteiger partial charge on any atom is 0.472 e. The fraction of sp³-hybridized carbons (Fsp3) is 0.682. The van der Waals surface area contributed by atoms with E-state index in [9.17, 15) is 28.7 Å². The second kappa shape index (κ2) is 39.7. The highest BCUT2D eigenvalue weighted by atomic mass is 31.2. The first kappa shape index (κ1) is 56.6. The summed E-state index contributed by atoms with van der Waals surface area (Å²) < 4.78 is 47.7. The van der Waals surface area contributed by atoms with Gasteiger partial charge in [-0.25, -0.2) is 9.13 Å². The molecule has 0 saturated heterocycles. The molecule has 340 valence electrons. The van der Waals surface area contributed by atoms with Gasteiger partial charge in [-0.1, -0.05) is 132 Å². The Bertz CT molecular complexity index is 1320. The van der Waals surface area contributed by atoms with E-state index in [1.54, 1.807) is 0 Å². The summed E-state index contributed by atoms with van der Waals surface area (Å²) in [5, 5.41) is 9.74. The van der Waals surface area contributed by atoms with Crippen molar-refractivity contribution in [3.63, 3.8) is 0 Å². The molecule has 3 atom stereocenters. The Labute approximate surface area is 354 Å². The van der Waals surface area contributed by atoms with Crippen molar-refractivity contribution < 1.29 is 61.6 Å². The Balaban J connectivity index is 4.61. The normalized spacial score (nSPS) is 14.7. The topological polar surface area (TPSA) is 195 Å². The summed E-state index contributed by atoms with van der Waals surface area (Å²) in [6, 6.07) is 0. The van der Waals surface area contributed by atoms with Crippen LogP contribution in [0.15, 0.2) is 72.9 Å². The molecule has 0 bridgehead atoms. The number of esters is 2. The zero-order valence-electron chi connectivity index (χ0n) is 35.8. The molecule has 0 aliphatic heterocycles. The predicted octanol–water partition coefficient (Wildman–Crippen LogP) is 11.0. The molecule has 0 rings (SSSR count). The van der Waals surface area contributed by atoms with Crippen LogP contribution in [0.25, 0.3) is 0 Å². The third-order valence-electron chi connectivity index (χ3n) is 8.57. The van der Waals surface area contributed by atoms with Crippen molar-refractivity contribution in [3.8, 4) is 0 Å². The van der Waals surface area contributed by atoms with E-state index in [1.807, 2.05) is 0 Å². The lowest BCUT2D eigenvalue weighted by Crippen LogP contribution is -2.30. The SMILES string of the molecule is CCC=CCC=CCC=CCC=CCC=CCCCCCC(=O)OC(COC(=O)CCCCCCCC=CCCCCCC)COP(=O)(O)OCC(O)COP(=O)(O)O. The van der Waals surface area contributed by atoms with E-state index >= 15 is 0 Å². The molecule has 0 fully saturated rings. The van der Waals surface area contributed by atoms with Gasteiger partial charge in [0.2, 0.25) is 0 Å². The second-order valence-corrected chi connectivity index (χ2v) is 16.9. The van der Waals surface area contributed by atoms with Gasteiger partial charge >= 0.3 is 27.6 Å². The molecule has 0 amide bonds. The number of hydrogen-bond donors (Lipinski definition) is 4. The van der Waals surface area contributed by atoms with Crippen LogP contribution in [-0.2, 0) is 41.8 Å². The summed E-state index contributed by atoms with van der Waals surface area (Å²) in [6.07, 6.45) is 43.2.